The van der Waals surface area contributed by atoms with E-state index < -0.39 is 0 Å². The van der Waals surface area contributed by atoms with Gasteiger partial charge in [-0.1, -0.05) is 36.8 Å². The minimum absolute atomic E-state index is 0.0281. The number of hydrogen-bond donors (Lipinski definition) is 1. The summed E-state index contributed by atoms with van der Waals surface area (Å²) >= 11 is 1.50. The van der Waals surface area contributed by atoms with E-state index in [9.17, 15) is 4.79 Å². The van der Waals surface area contributed by atoms with Gasteiger partial charge in [0.2, 0.25) is 0 Å². The lowest BCUT2D eigenvalue weighted by Gasteiger charge is -2.42. The third kappa shape index (κ3) is 2.88. The first-order chi connectivity index (χ1) is 10.7. The Bertz CT molecular complexity index is 653. The molecule has 0 atom stereocenters. The van der Waals surface area contributed by atoms with Crippen LogP contribution in [-0.4, -0.2) is 23.7 Å². The van der Waals surface area contributed by atoms with Gasteiger partial charge < -0.3 is 5.32 Å². The number of hydrogen-bond acceptors (Lipinski definition) is 3. The number of rotatable bonds is 5. The number of nitrogens with zero attached hydrogens (tertiary/aromatic N) is 1. The SMILES string of the molecule is CSc1ncccc1C(=O)NCC1(c2ccccc2)CCC1. The van der Waals surface area contributed by atoms with E-state index >= 15 is 0 Å². The average molecular weight is 312 g/mol. The van der Waals surface area contributed by atoms with Crippen LogP contribution in [0.2, 0.25) is 0 Å². The summed E-state index contributed by atoms with van der Waals surface area (Å²) in [6.07, 6.45) is 7.17. The summed E-state index contributed by atoms with van der Waals surface area (Å²) in [5.74, 6) is -0.0281. The monoisotopic (exact) mass is 312 g/mol. The van der Waals surface area contributed by atoms with Gasteiger partial charge in [0.25, 0.3) is 5.91 Å². The van der Waals surface area contributed by atoms with E-state index in [0.717, 1.165) is 17.9 Å². The molecule has 1 N–H and O–H groups in total. The Balaban J connectivity index is 1.72. The van der Waals surface area contributed by atoms with Crippen molar-refractivity contribution in [1.29, 1.82) is 0 Å². The van der Waals surface area contributed by atoms with E-state index in [1.807, 2.05) is 24.5 Å². The molecule has 3 nitrogen and oxygen atoms in total. The number of carbonyl (C=O) groups is 1. The van der Waals surface area contributed by atoms with Crippen molar-refractivity contribution in [3.05, 3.63) is 59.8 Å². The Morgan fingerprint density at radius 1 is 1.23 bits per heavy atom. The molecule has 0 bridgehead atoms. The van der Waals surface area contributed by atoms with Gasteiger partial charge in [-0.05, 0) is 36.8 Å². The smallest absolute Gasteiger partial charge is 0.254 e. The Labute approximate surface area is 135 Å². The maximum atomic E-state index is 12.5. The first-order valence-electron chi connectivity index (χ1n) is 7.58. The zero-order valence-electron chi connectivity index (χ0n) is 12.7. The van der Waals surface area contributed by atoms with Gasteiger partial charge in [0.05, 0.1) is 5.56 Å². The van der Waals surface area contributed by atoms with Gasteiger partial charge in [-0.15, -0.1) is 11.8 Å². The predicted octanol–water partition coefficient (Wildman–Crippen LogP) is 3.66. The highest BCUT2D eigenvalue weighted by atomic mass is 32.2. The third-order valence-electron chi connectivity index (χ3n) is 4.49. The highest BCUT2D eigenvalue weighted by Crippen LogP contribution is 2.43. The number of nitrogens with one attached hydrogen (secondary N) is 1. The van der Waals surface area contributed by atoms with Crippen LogP contribution < -0.4 is 5.32 Å². The van der Waals surface area contributed by atoms with Crippen LogP contribution >= 0.6 is 11.8 Å². The van der Waals surface area contributed by atoms with Crippen LogP contribution in [0.5, 0.6) is 0 Å². The van der Waals surface area contributed by atoms with Crippen LogP contribution in [0.3, 0.4) is 0 Å². The van der Waals surface area contributed by atoms with Crippen LogP contribution in [0.15, 0.2) is 53.7 Å². The lowest BCUT2D eigenvalue weighted by atomic mass is 9.64. The van der Waals surface area contributed by atoms with E-state index in [1.165, 1.54) is 23.7 Å². The lowest BCUT2D eigenvalue weighted by molar-refractivity contribution is 0.0924. The summed E-state index contributed by atoms with van der Waals surface area (Å²) < 4.78 is 0. The van der Waals surface area contributed by atoms with Crippen molar-refractivity contribution >= 4 is 17.7 Å². The zero-order valence-corrected chi connectivity index (χ0v) is 13.5. The van der Waals surface area contributed by atoms with E-state index in [2.05, 4.69) is 34.6 Å². The Morgan fingerprint density at radius 2 is 2.00 bits per heavy atom. The van der Waals surface area contributed by atoms with Gasteiger partial charge in [0, 0.05) is 18.2 Å². The molecule has 1 heterocycles. The first-order valence-corrected chi connectivity index (χ1v) is 8.80. The molecule has 0 unspecified atom stereocenters. The van der Waals surface area contributed by atoms with Gasteiger partial charge in [-0.25, -0.2) is 4.98 Å². The molecule has 0 aliphatic heterocycles. The van der Waals surface area contributed by atoms with Gasteiger partial charge in [-0.2, -0.15) is 0 Å². The molecule has 2 aromatic rings. The molecule has 22 heavy (non-hydrogen) atoms. The molecule has 1 aliphatic carbocycles. The van der Waals surface area contributed by atoms with Gasteiger partial charge in [-0.3, -0.25) is 4.79 Å². The molecule has 0 saturated heterocycles. The molecule has 1 fully saturated rings. The van der Waals surface area contributed by atoms with Crippen molar-refractivity contribution in [2.24, 2.45) is 0 Å². The van der Waals surface area contributed by atoms with E-state index in [-0.39, 0.29) is 11.3 Å². The van der Waals surface area contributed by atoms with E-state index in [4.69, 9.17) is 0 Å². The summed E-state index contributed by atoms with van der Waals surface area (Å²) in [6, 6.07) is 14.2. The zero-order chi connectivity index (χ0) is 15.4. The number of aromatic nitrogens is 1. The summed E-state index contributed by atoms with van der Waals surface area (Å²) in [6.45, 7) is 0.693. The third-order valence-corrected chi connectivity index (χ3v) is 5.21. The molecule has 3 rings (SSSR count). The van der Waals surface area contributed by atoms with Crippen molar-refractivity contribution in [1.82, 2.24) is 10.3 Å². The van der Waals surface area contributed by atoms with Crippen molar-refractivity contribution in [3.63, 3.8) is 0 Å². The van der Waals surface area contributed by atoms with Crippen LogP contribution in [0.25, 0.3) is 0 Å². The number of benzene rings is 1. The molecular weight excluding hydrogens is 292 g/mol. The molecule has 4 heteroatoms. The molecule has 0 spiro atoms. The Morgan fingerprint density at radius 3 is 2.64 bits per heavy atom. The van der Waals surface area contributed by atoms with E-state index in [1.54, 1.807) is 6.20 Å². The fourth-order valence-corrected chi connectivity index (χ4v) is 3.58. The largest absolute Gasteiger partial charge is 0.351 e. The van der Waals surface area contributed by atoms with Crippen LogP contribution in [0.1, 0.15) is 35.2 Å². The maximum absolute atomic E-state index is 12.5. The summed E-state index contributed by atoms with van der Waals surface area (Å²) in [7, 11) is 0. The van der Waals surface area contributed by atoms with Gasteiger partial charge in [0.1, 0.15) is 5.03 Å². The quantitative estimate of drug-likeness (QED) is 0.857. The second kappa shape index (κ2) is 6.53. The second-order valence-electron chi connectivity index (χ2n) is 5.74. The summed E-state index contributed by atoms with van der Waals surface area (Å²) in [5, 5.41) is 3.90. The highest BCUT2D eigenvalue weighted by molar-refractivity contribution is 7.98. The highest BCUT2D eigenvalue weighted by Gasteiger charge is 2.38. The van der Waals surface area contributed by atoms with Crippen molar-refractivity contribution in [2.45, 2.75) is 29.7 Å². The Hall–Kier alpha value is -1.81. The minimum atomic E-state index is -0.0281. The standard InChI is InChI=1S/C18H20N2OS/c1-22-17-15(9-5-12-19-17)16(21)20-13-18(10-6-11-18)14-7-3-2-4-8-14/h2-5,7-9,12H,6,10-11,13H2,1H3,(H,20,21). The fraction of sp³-hybridized carbons (Fsp3) is 0.333. The molecular formula is C18H20N2OS. The molecule has 1 aromatic heterocycles. The van der Waals surface area contributed by atoms with Crippen molar-refractivity contribution in [3.8, 4) is 0 Å². The second-order valence-corrected chi connectivity index (χ2v) is 6.54. The van der Waals surface area contributed by atoms with Gasteiger partial charge in [0.15, 0.2) is 0 Å². The molecule has 1 saturated carbocycles. The summed E-state index contributed by atoms with van der Waals surface area (Å²) in [5.41, 5.74) is 2.11. The summed E-state index contributed by atoms with van der Waals surface area (Å²) in [4.78, 5) is 16.7. The first kappa shape index (κ1) is 15.1. The number of thioether (sulfide) groups is 1. The fourth-order valence-electron chi connectivity index (χ4n) is 3.03. The maximum Gasteiger partial charge on any atom is 0.254 e. The van der Waals surface area contributed by atoms with Crippen LogP contribution in [0, 0.1) is 0 Å². The molecule has 1 aromatic carbocycles. The number of pyridine rings is 1. The normalized spacial score (nSPS) is 15.9. The average Bonchev–Trinajstić information content (AvgIpc) is 2.54. The topological polar surface area (TPSA) is 42.0 Å². The van der Waals surface area contributed by atoms with E-state index in [0.29, 0.717) is 12.1 Å². The minimum Gasteiger partial charge on any atom is -0.351 e. The van der Waals surface area contributed by atoms with Crippen molar-refractivity contribution in [2.75, 3.05) is 12.8 Å². The van der Waals surface area contributed by atoms with Crippen LogP contribution in [-0.2, 0) is 5.41 Å². The van der Waals surface area contributed by atoms with Crippen LogP contribution in [0.4, 0.5) is 0 Å². The predicted molar refractivity (Wildman–Crippen MR) is 90.3 cm³/mol. The lowest BCUT2D eigenvalue weighted by Crippen LogP contribution is -2.45. The van der Waals surface area contributed by atoms with Gasteiger partial charge >= 0.3 is 0 Å². The van der Waals surface area contributed by atoms with Crippen molar-refractivity contribution < 1.29 is 4.79 Å². The molecule has 0 radical (unpaired) electrons. The molecule has 114 valence electrons. The molecule has 1 amide bonds. The number of carbonyl (C=O) groups excluding carboxylic acids is 1. The molecule has 1 aliphatic rings. The Kier molecular flexibility index (Phi) is 4.48. The number of amides is 1.